The average Bonchev–Trinajstić information content (AvgIpc) is 3.18. The van der Waals surface area contributed by atoms with E-state index in [1.165, 1.54) is 12.1 Å². The van der Waals surface area contributed by atoms with Crippen LogP contribution in [0, 0.1) is 16.4 Å². The number of hydrogen-bond donors (Lipinski definition) is 0. The van der Waals surface area contributed by atoms with Crippen molar-refractivity contribution in [2.75, 3.05) is 20.3 Å². The fourth-order valence-electron chi connectivity index (χ4n) is 4.86. The van der Waals surface area contributed by atoms with E-state index in [2.05, 4.69) is 0 Å². The van der Waals surface area contributed by atoms with Gasteiger partial charge in [-0.1, -0.05) is 11.6 Å². The number of imidazole rings is 1. The summed E-state index contributed by atoms with van der Waals surface area (Å²) >= 11 is 11.5. The van der Waals surface area contributed by atoms with Crippen molar-refractivity contribution in [3.63, 3.8) is 0 Å². The van der Waals surface area contributed by atoms with Crippen LogP contribution in [0.25, 0.3) is 0 Å². The maximum atomic E-state index is 14.8. The molecule has 2 atom stereocenters. The van der Waals surface area contributed by atoms with Gasteiger partial charge in [-0.15, -0.1) is 0 Å². The van der Waals surface area contributed by atoms with Crippen LogP contribution in [0.2, 0.25) is 5.02 Å². The number of amides is 1. The fraction of sp³-hybridized carbons (Fsp3) is 0.500. The van der Waals surface area contributed by atoms with Gasteiger partial charge < -0.3 is 18.8 Å². The molecular formula is C20H20ClF2N3O2S. The lowest BCUT2D eigenvalue weighted by atomic mass is 9.92. The zero-order valence-corrected chi connectivity index (χ0v) is 17.6. The zero-order valence-electron chi connectivity index (χ0n) is 16.0. The Morgan fingerprint density at radius 2 is 2.14 bits per heavy atom. The molecule has 1 saturated carbocycles. The van der Waals surface area contributed by atoms with Crippen LogP contribution in [0.3, 0.4) is 0 Å². The smallest absolute Gasteiger partial charge is 0.228 e. The largest absolute Gasteiger partial charge is 0.377 e. The highest BCUT2D eigenvalue weighted by Gasteiger charge is 2.64. The van der Waals surface area contributed by atoms with Crippen molar-refractivity contribution in [1.82, 2.24) is 14.0 Å². The molecule has 1 aromatic heterocycles. The molecule has 0 unspecified atom stereocenters. The normalized spacial score (nSPS) is 24.8. The summed E-state index contributed by atoms with van der Waals surface area (Å²) in [6, 6.07) is 2.55. The molecular weight excluding hydrogens is 420 g/mol. The van der Waals surface area contributed by atoms with Crippen molar-refractivity contribution >= 4 is 29.7 Å². The predicted octanol–water partition coefficient (Wildman–Crippen LogP) is 3.33. The van der Waals surface area contributed by atoms with Gasteiger partial charge in [0, 0.05) is 48.9 Å². The van der Waals surface area contributed by atoms with E-state index in [1.54, 1.807) is 11.9 Å². The number of aromatic nitrogens is 2. The van der Waals surface area contributed by atoms with Crippen molar-refractivity contribution in [2.24, 2.45) is 7.05 Å². The number of hydrogen-bond acceptors (Lipinski definition) is 3. The molecule has 0 bridgehead atoms. The van der Waals surface area contributed by atoms with Gasteiger partial charge in [0.05, 0.1) is 30.7 Å². The number of fused-ring (bicyclic) bond motifs is 3. The van der Waals surface area contributed by atoms with Crippen LogP contribution >= 0.6 is 23.8 Å². The Balaban J connectivity index is 1.51. The van der Waals surface area contributed by atoms with Gasteiger partial charge in [-0.3, -0.25) is 4.79 Å². The van der Waals surface area contributed by atoms with Crippen LogP contribution < -0.4 is 0 Å². The summed E-state index contributed by atoms with van der Waals surface area (Å²) in [5.74, 6) is -1.38. The lowest BCUT2D eigenvalue weighted by Gasteiger charge is -2.34. The standard InChI is InChI=1S/C20H20ClF2N3O2S/c1-24(10-7-28-8-10)15(27)5-14-18-11-6-20(11,9-26(18)19(29)25(14)2)16-13(22)4-3-12(21)17(16)23/h3-4,10-11H,5-9H2,1-2H3/t11-,20-/m0/s1. The second-order valence-corrected chi connectivity index (χ2v) is 9.04. The van der Waals surface area contributed by atoms with Gasteiger partial charge in [-0.2, -0.15) is 0 Å². The molecule has 3 aliphatic rings. The highest BCUT2D eigenvalue weighted by atomic mass is 35.5. The van der Waals surface area contributed by atoms with E-state index in [9.17, 15) is 13.6 Å². The first kappa shape index (κ1) is 19.2. The van der Waals surface area contributed by atoms with Crippen LogP contribution in [0.4, 0.5) is 8.78 Å². The summed E-state index contributed by atoms with van der Waals surface area (Å²) in [5.41, 5.74) is 1.10. The first-order valence-corrected chi connectivity index (χ1v) is 10.3. The maximum absolute atomic E-state index is 14.8. The topological polar surface area (TPSA) is 39.4 Å². The molecule has 0 spiro atoms. The van der Waals surface area contributed by atoms with Gasteiger partial charge in [0.1, 0.15) is 11.6 Å². The summed E-state index contributed by atoms with van der Waals surface area (Å²) in [6.45, 7) is 1.50. The van der Waals surface area contributed by atoms with E-state index in [0.29, 0.717) is 31.0 Å². The summed E-state index contributed by atoms with van der Waals surface area (Å²) in [4.78, 5) is 14.5. The third-order valence-electron chi connectivity index (χ3n) is 6.78. The lowest BCUT2D eigenvalue weighted by Crippen LogP contribution is -2.50. The van der Waals surface area contributed by atoms with Crippen molar-refractivity contribution < 1.29 is 18.3 Å². The molecule has 2 aliphatic heterocycles. The highest BCUT2D eigenvalue weighted by molar-refractivity contribution is 7.71. The number of ether oxygens (including phenoxy) is 1. The molecule has 1 aliphatic carbocycles. The minimum Gasteiger partial charge on any atom is -0.377 e. The van der Waals surface area contributed by atoms with Crippen LogP contribution in [0.1, 0.15) is 29.3 Å². The minimum atomic E-state index is -0.697. The molecule has 0 radical (unpaired) electrons. The Bertz CT molecular complexity index is 1110. The van der Waals surface area contributed by atoms with Crippen molar-refractivity contribution in [1.29, 1.82) is 0 Å². The summed E-state index contributed by atoms with van der Waals surface area (Å²) in [5, 5.41) is -0.0816. The number of carbonyl (C=O) groups is 1. The fourth-order valence-corrected chi connectivity index (χ4v) is 5.29. The zero-order chi connectivity index (χ0) is 20.7. The minimum absolute atomic E-state index is 0.0180. The molecule has 154 valence electrons. The first-order chi connectivity index (χ1) is 13.8. The Labute approximate surface area is 176 Å². The Hall–Kier alpha value is -1.77. The second-order valence-electron chi connectivity index (χ2n) is 8.26. The van der Waals surface area contributed by atoms with Gasteiger partial charge in [0.25, 0.3) is 0 Å². The molecule has 5 nitrogen and oxygen atoms in total. The monoisotopic (exact) mass is 439 g/mol. The van der Waals surface area contributed by atoms with E-state index in [-0.39, 0.29) is 34.9 Å². The van der Waals surface area contributed by atoms with Crippen molar-refractivity contribution in [2.45, 2.75) is 36.8 Å². The number of likely N-dealkylation sites (N-methyl/N-ethyl adjacent to an activating group) is 1. The number of rotatable bonds is 4. The van der Waals surface area contributed by atoms with E-state index < -0.39 is 17.0 Å². The van der Waals surface area contributed by atoms with Crippen LogP contribution in [-0.4, -0.2) is 46.2 Å². The molecule has 3 heterocycles. The Morgan fingerprint density at radius 1 is 1.41 bits per heavy atom. The molecule has 1 saturated heterocycles. The second kappa shape index (κ2) is 6.36. The SMILES string of the molecule is CN(C(=O)Cc1c2n(c(=S)n1C)C[C@@]1(c3c(F)ccc(Cl)c3F)C[C@@H]21)C1COC1. The molecule has 0 N–H and O–H groups in total. The highest BCUT2D eigenvalue weighted by Crippen LogP contribution is 2.67. The average molecular weight is 440 g/mol. The summed E-state index contributed by atoms with van der Waals surface area (Å²) < 4.78 is 38.9. The predicted molar refractivity (Wildman–Crippen MR) is 106 cm³/mol. The third kappa shape index (κ3) is 2.58. The van der Waals surface area contributed by atoms with Gasteiger partial charge >= 0.3 is 0 Å². The van der Waals surface area contributed by atoms with E-state index in [4.69, 9.17) is 28.6 Å². The van der Waals surface area contributed by atoms with Crippen molar-refractivity contribution in [3.05, 3.63) is 50.5 Å². The molecule has 2 fully saturated rings. The number of carbonyl (C=O) groups excluding carboxylic acids is 1. The van der Waals surface area contributed by atoms with E-state index in [0.717, 1.165) is 11.4 Å². The molecule has 29 heavy (non-hydrogen) atoms. The molecule has 1 aromatic carbocycles. The maximum Gasteiger partial charge on any atom is 0.228 e. The molecule has 5 rings (SSSR count). The van der Waals surface area contributed by atoms with E-state index >= 15 is 0 Å². The van der Waals surface area contributed by atoms with Crippen LogP contribution in [0.5, 0.6) is 0 Å². The lowest BCUT2D eigenvalue weighted by molar-refractivity contribution is -0.141. The Kier molecular flexibility index (Phi) is 4.21. The third-order valence-corrected chi connectivity index (χ3v) is 7.56. The van der Waals surface area contributed by atoms with Gasteiger partial charge in [-0.05, 0) is 30.8 Å². The van der Waals surface area contributed by atoms with Gasteiger partial charge in [-0.25, -0.2) is 8.78 Å². The van der Waals surface area contributed by atoms with Crippen LogP contribution in [-0.2, 0) is 35.0 Å². The summed E-state index contributed by atoms with van der Waals surface area (Å²) in [6.07, 6.45) is 0.816. The number of nitrogens with zero attached hydrogens (tertiary/aromatic N) is 3. The summed E-state index contributed by atoms with van der Waals surface area (Å²) in [7, 11) is 3.62. The number of benzene rings is 1. The number of halogens is 3. The molecule has 9 heteroatoms. The van der Waals surface area contributed by atoms with Crippen LogP contribution in [0.15, 0.2) is 12.1 Å². The Morgan fingerprint density at radius 3 is 2.79 bits per heavy atom. The van der Waals surface area contributed by atoms with Crippen molar-refractivity contribution in [3.8, 4) is 0 Å². The van der Waals surface area contributed by atoms with E-state index in [1.807, 2.05) is 16.2 Å². The first-order valence-electron chi connectivity index (χ1n) is 9.52. The molecule has 2 aromatic rings. The van der Waals surface area contributed by atoms with Gasteiger partial charge in [0.15, 0.2) is 4.77 Å². The quantitative estimate of drug-likeness (QED) is 0.542. The molecule has 1 amide bonds. The van der Waals surface area contributed by atoms with Gasteiger partial charge in [0.2, 0.25) is 5.91 Å².